The lowest BCUT2D eigenvalue weighted by atomic mass is 10.3. The van der Waals surface area contributed by atoms with E-state index in [1.165, 1.54) is 35.0 Å². The maximum atomic E-state index is 13.1. The molecule has 0 atom stereocenters. The van der Waals surface area contributed by atoms with Crippen LogP contribution in [0.3, 0.4) is 0 Å². The first kappa shape index (κ1) is 22.8. The second-order valence-electron chi connectivity index (χ2n) is 7.03. The number of aryl methyl sites for hydroxylation is 1. The van der Waals surface area contributed by atoms with Crippen LogP contribution in [0.4, 0.5) is 22.0 Å². The first-order valence-corrected chi connectivity index (χ1v) is 10.2. The highest BCUT2D eigenvalue weighted by molar-refractivity contribution is 6.30. The number of anilines is 3. The molecule has 0 saturated carbocycles. The number of carbonyl (C=O) groups is 1. The zero-order chi connectivity index (χ0) is 24.2. The summed E-state index contributed by atoms with van der Waals surface area (Å²) in [6.07, 6.45) is 0. The highest BCUT2D eigenvalue weighted by Gasteiger charge is 2.18. The SMILES string of the molecule is Cc1cc(=O)c(C(=O)OCc2nc(N)nc(Nc3ccc(F)cc3)n2)nn1-c1ccc(Cl)cc1. The van der Waals surface area contributed by atoms with Crippen molar-refractivity contribution in [2.24, 2.45) is 0 Å². The summed E-state index contributed by atoms with van der Waals surface area (Å²) in [4.78, 5) is 37.0. The molecule has 0 radical (unpaired) electrons. The Kier molecular flexibility index (Phi) is 6.46. The first-order valence-electron chi connectivity index (χ1n) is 9.85. The maximum absolute atomic E-state index is 13.1. The Bertz CT molecular complexity index is 1410. The molecule has 172 valence electrons. The largest absolute Gasteiger partial charge is 0.453 e. The van der Waals surface area contributed by atoms with E-state index < -0.39 is 22.9 Å². The highest BCUT2D eigenvalue weighted by Crippen LogP contribution is 2.16. The predicted octanol–water partition coefficient (Wildman–Crippen LogP) is 3.20. The van der Waals surface area contributed by atoms with Crippen molar-refractivity contribution in [2.75, 3.05) is 11.1 Å². The third kappa shape index (κ3) is 5.33. The van der Waals surface area contributed by atoms with Crippen molar-refractivity contribution in [3.05, 3.63) is 92.9 Å². The lowest BCUT2D eigenvalue weighted by Crippen LogP contribution is -2.24. The Morgan fingerprint density at radius 3 is 2.53 bits per heavy atom. The summed E-state index contributed by atoms with van der Waals surface area (Å²) >= 11 is 5.92. The second kappa shape index (κ2) is 9.63. The number of nitrogens with two attached hydrogens (primary N) is 1. The summed E-state index contributed by atoms with van der Waals surface area (Å²) < 4.78 is 19.7. The van der Waals surface area contributed by atoms with Gasteiger partial charge in [-0.3, -0.25) is 4.79 Å². The molecule has 2 heterocycles. The number of esters is 1. The Morgan fingerprint density at radius 1 is 1.12 bits per heavy atom. The molecule has 4 rings (SSSR count). The van der Waals surface area contributed by atoms with Crippen molar-refractivity contribution in [3.8, 4) is 5.69 Å². The van der Waals surface area contributed by atoms with Gasteiger partial charge in [-0.05, 0) is 55.5 Å². The molecule has 0 aliphatic rings. The van der Waals surface area contributed by atoms with Crippen LogP contribution in [-0.2, 0) is 11.3 Å². The molecule has 0 saturated heterocycles. The minimum Gasteiger partial charge on any atom is -0.453 e. The van der Waals surface area contributed by atoms with Gasteiger partial charge in [0.25, 0.3) is 0 Å². The highest BCUT2D eigenvalue weighted by atomic mass is 35.5. The zero-order valence-electron chi connectivity index (χ0n) is 17.7. The predicted molar refractivity (Wildman–Crippen MR) is 123 cm³/mol. The quantitative estimate of drug-likeness (QED) is 0.397. The van der Waals surface area contributed by atoms with Crippen molar-refractivity contribution < 1.29 is 13.9 Å². The van der Waals surface area contributed by atoms with Crippen LogP contribution in [-0.4, -0.2) is 30.7 Å². The van der Waals surface area contributed by atoms with Crippen molar-refractivity contribution >= 4 is 35.2 Å². The van der Waals surface area contributed by atoms with Crippen LogP contribution < -0.4 is 16.5 Å². The van der Waals surface area contributed by atoms with Crippen LogP contribution >= 0.6 is 11.6 Å². The van der Waals surface area contributed by atoms with Crippen LogP contribution in [0, 0.1) is 12.7 Å². The van der Waals surface area contributed by atoms with E-state index in [1.54, 1.807) is 31.2 Å². The van der Waals surface area contributed by atoms with E-state index in [0.29, 0.717) is 22.1 Å². The number of nitrogens with one attached hydrogen (secondary N) is 1. The van der Waals surface area contributed by atoms with Crippen molar-refractivity contribution in [2.45, 2.75) is 13.5 Å². The molecule has 0 bridgehead atoms. The van der Waals surface area contributed by atoms with Gasteiger partial charge >= 0.3 is 5.97 Å². The Morgan fingerprint density at radius 2 is 1.82 bits per heavy atom. The molecule has 34 heavy (non-hydrogen) atoms. The average molecular weight is 482 g/mol. The van der Waals surface area contributed by atoms with Crippen molar-refractivity contribution in [3.63, 3.8) is 0 Å². The number of rotatable bonds is 6. The van der Waals surface area contributed by atoms with Gasteiger partial charge in [0.15, 0.2) is 12.4 Å². The average Bonchev–Trinajstić information content (AvgIpc) is 2.79. The van der Waals surface area contributed by atoms with E-state index in [1.807, 2.05) is 0 Å². The molecule has 0 amide bonds. The number of benzene rings is 2. The molecule has 2 aromatic heterocycles. The standard InChI is InChI=1S/C22H17ClFN7O3/c1-12-10-17(32)19(30-31(12)16-8-2-13(23)3-9-16)20(33)34-11-18-27-21(25)29-22(28-18)26-15-6-4-14(24)5-7-15/h2-10H,11H2,1H3,(H3,25,26,27,28,29). The van der Waals surface area contributed by atoms with Gasteiger partial charge in [0.2, 0.25) is 23.0 Å². The molecule has 0 spiro atoms. The molecular weight excluding hydrogens is 465 g/mol. The molecule has 0 unspecified atom stereocenters. The summed E-state index contributed by atoms with van der Waals surface area (Å²) in [5.74, 6) is -1.36. The fourth-order valence-corrected chi connectivity index (χ4v) is 3.08. The molecule has 3 N–H and O–H groups in total. The van der Waals surface area contributed by atoms with Gasteiger partial charge in [0, 0.05) is 22.5 Å². The molecule has 4 aromatic rings. The van der Waals surface area contributed by atoms with E-state index in [4.69, 9.17) is 22.1 Å². The second-order valence-corrected chi connectivity index (χ2v) is 7.46. The number of aromatic nitrogens is 5. The minimum atomic E-state index is -0.959. The van der Waals surface area contributed by atoms with Gasteiger partial charge in [0.05, 0.1) is 5.69 Å². The molecule has 12 heteroatoms. The first-order chi connectivity index (χ1) is 16.3. The summed E-state index contributed by atoms with van der Waals surface area (Å²) in [7, 11) is 0. The summed E-state index contributed by atoms with van der Waals surface area (Å²) in [5, 5.41) is 7.53. The number of hydrogen-bond donors (Lipinski definition) is 2. The Hall–Kier alpha value is -4.38. The summed E-state index contributed by atoms with van der Waals surface area (Å²) in [5.41, 5.74) is 6.35. The number of ether oxygens (including phenoxy) is 1. The number of hydrogen-bond acceptors (Lipinski definition) is 9. The number of nitrogen functional groups attached to an aromatic ring is 1. The van der Waals surface area contributed by atoms with Gasteiger partial charge < -0.3 is 15.8 Å². The van der Waals surface area contributed by atoms with Crippen LogP contribution in [0.2, 0.25) is 5.02 Å². The van der Waals surface area contributed by atoms with Gasteiger partial charge in [-0.2, -0.15) is 20.1 Å². The van der Waals surface area contributed by atoms with Crippen LogP contribution in [0.25, 0.3) is 5.69 Å². The van der Waals surface area contributed by atoms with Gasteiger partial charge in [-0.25, -0.2) is 13.9 Å². The third-order valence-electron chi connectivity index (χ3n) is 4.50. The minimum absolute atomic E-state index is 0.0376. The fourth-order valence-electron chi connectivity index (χ4n) is 2.95. The zero-order valence-corrected chi connectivity index (χ0v) is 18.5. The molecular formula is C22H17ClFN7O3. The third-order valence-corrected chi connectivity index (χ3v) is 4.76. The fraction of sp³-hybridized carbons (Fsp3) is 0.0909. The van der Waals surface area contributed by atoms with E-state index in [-0.39, 0.29) is 24.3 Å². The van der Waals surface area contributed by atoms with Gasteiger partial charge in [0.1, 0.15) is 5.82 Å². The molecule has 10 nitrogen and oxygen atoms in total. The summed E-state index contributed by atoms with van der Waals surface area (Å²) in [6, 6.07) is 13.5. The van der Waals surface area contributed by atoms with E-state index in [2.05, 4.69) is 25.4 Å². The smallest absolute Gasteiger partial charge is 0.363 e. The van der Waals surface area contributed by atoms with E-state index in [0.717, 1.165) is 0 Å². The topological polar surface area (TPSA) is 138 Å². The molecule has 0 fully saturated rings. The number of carbonyl (C=O) groups excluding carboxylic acids is 1. The van der Waals surface area contributed by atoms with Gasteiger partial charge in [-0.15, -0.1) is 0 Å². The van der Waals surface area contributed by atoms with E-state index >= 15 is 0 Å². The lowest BCUT2D eigenvalue weighted by Gasteiger charge is -2.11. The molecule has 2 aromatic carbocycles. The molecule has 0 aliphatic heterocycles. The van der Waals surface area contributed by atoms with Crippen molar-refractivity contribution in [1.29, 1.82) is 0 Å². The normalized spacial score (nSPS) is 10.7. The van der Waals surface area contributed by atoms with Crippen LogP contribution in [0.5, 0.6) is 0 Å². The Labute approximate surface area is 197 Å². The monoisotopic (exact) mass is 481 g/mol. The van der Waals surface area contributed by atoms with Crippen LogP contribution in [0.1, 0.15) is 22.0 Å². The maximum Gasteiger partial charge on any atom is 0.363 e. The number of nitrogens with zero attached hydrogens (tertiary/aromatic N) is 5. The molecule has 0 aliphatic carbocycles. The Balaban J connectivity index is 1.52. The van der Waals surface area contributed by atoms with Crippen molar-refractivity contribution in [1.82, 2.24) is 24.7 Å². The van der Waals surface area contributed by atoms with Crippen LogP contribution in [0.15, 0.2) is 59.4 Å². The summed E-state index contributed by atoms with van der Waals surface area (Å²) in [6.45, 7) is 1.29. The van der Waals surface area contributed by atoms with Gasteiger partial charge in [-0.1, -0.05) is 11.6 Å². The number of halogens is 2. The lowest BCUT2D eigenvalue weighted by molar-refractivity contribution is 0.0451. The van der Waals surface area contributed by atoms with E-state index in [9.17, 15) is 14.0 Å².